The highest BCUT2D eigenvalue weighted by atomic mass is 19.1. The van der Waals surface area contributed by atoms with Crippen LogP contribution in [0.2, 0.25) is 0 Å². The molecular weight excluding hydrogens is 257 g/mol. The quantitative estimate of drug-likeness (QED) is 0.774. The minimum absolute atomic E-state index is 0.413. The largest absolute Gasteiger partial charge is 0.383 e. The normalized spacial score (nSPS) is 10.7. The molecular formula is C14H12FN5. The molecule has 100 valence electrons. The van der Waals surface area contributed by atoms with Crippen LogP contribution in [0.1, 0.15) is 0 Å². The molecule has 0 aliphatic carbocycles. The molecule has 0 unspecified atom stereocenters. The lowest BCUT2D eigenvalue weighted by Crippen LogP contribution is -1.98. The second-order valence-corrected chi connectivity index (χ2v) is 4.37. The van der Waals surface area contributed by atoms with Crippen molar-refractivity contribution in [2.45, 2.75) is 0 Å². The molecule has 0 fully saturated rings. The Morgan fingerprint density at radius 1 is 1.15 bits per heavy atom. The Balaban J connectivity index is 2.25. The van der Waals surface area contributed by atoms with E-state index in [1.165, 1.54) is 6.07 Å². The first-order valence-electron chi connectivity index (χ1n) is 6.00. The molecule has 3 aromatic rings. The van der Waals surface area contributed by atoms with E-state index in [2.05, 4.69) is 15.1 Å². The van der Waals surface area contributed by atoms with Crippen molar-refractivity contribution in [3.63, 3.8) is 0 Å². The molecule has 0 radical (unpaired) electrons. The third kappa shape index (κ3) is 2.01. The minimum atomic E-state index is -0.413. The van der Waals surface area contributed by atoms with E-state index >= 15 is 0 Å². The van der Waals surface area contributed by atoms with Crippen molar-refractivity contribution in [1.29, 1.82) is 0 Å². The standard InChI is InChI=1S/C14H12FN5/c1-20-14(16)12(9-3-2-4-17-6-9)13(19-20)10-5-11(15)8-18-7-10/h2-8H,16H2,1H3. The summed E-state index contributed by atoms with van der Waals surface area (Å²) in [7, 11) is 1.74. The van der Waals surface area contributed by atoms with E-state index in [1.807, 2.05) is 12.1 Å². The van der Waals surface area contributed by atoms with Crippen molar-refractivity contribution in [1.82, 2.24) is 19.7 Å². The molecule has 0 saturated heterocycles. The van der Waals surface area contributed by atoms with Crippen molar-refractivity contribution in [2.75, 3.05) is 5.73 Å². The molecule has 2 N–H and O–H groups in total. The van der Waals surface area contributed by atoms with Gasteiger partial charge >= 0.3 is 0 Å². The van der Waals surface area contributed by atoms with Crippen LogP contribution in [-0.4, -0.2) is 19.7 Å². The van der Waals surface area contributed by atoms with Gasteiger partial charge < -0.3 is 5.73 Å². The van der Waals surface area contributed by atoms with Gasteiger partial charge in [-0.1, -0.05) is 6.07 Å². The fourth-order valence-electron chi connectivity index (χ4n) is 2.08. The number of pyridine rings is 2. The van der Waals surface area contributed by atoms with Crippen LogP contribution in [-0.2, 0) is 7.05 Å². The highest BCUT2D eigenvalue weighted by molar-refractivity contribution is 5.87. The number of anilines is 1. The molecule has 3 rings (SSSR count). The predicted molar refractivity (Wildman–Crippen MR) is 74.0 cm³/mol. The predicted octanol–water partition coefficient (Wildman–Crippen LogP) is 2.27. The first kappa shape index (κ1) is 12.3. The number of hydrogen-bond donors (Lipinski definition) is 1. The van der Waals surface area contributed by atoms with Gasteiger partial charge in [0, 0.05) is 36.8 Å². The van der Waals surface area contributed by atoms with Gasteiger partial charge in [-0.2, -0.15) is 5.10 Å². The second kappa shape index (κ2) is 4.73. The SMILES string of the molecule is Cn1nc(-c2cncc(F)c2)c(-c2cccnc2)c1N. The number of nitrogens with zero attached hydrogens (tertiary/aromatic N) is 4. The maximum atomic E-state index is 13.4. The fourth-order valence-corrected chi connectivity index (χ4v) is 2.08. The molecule has 0 spiro atoms. The van der Waals surface area contributed by atoms with Gasteiger partial charge in [0.05, 0.1) is 11.8 Å². The summed E-state index contributed by atoms with van der Waals surface area (Å²) in [4.78, 5) is 7.94. The fraction of sp³-hybridized carbons (Fsp3) is 0.0714. The number of nitrogens with two attached hydrogens (primary N) is 1. The average Bonchev–Trinajstić information content (AvgIpc) is 2.76. The highest BCUT2D eigenvalue weighted by Gasteiger charge is 2.18. The van der Waals surface area contributed by atoms with Crippen LogP contribution in [0.25, 0.3) is 22.4 Å². The number of aromatic nitrogens is 4. The van der Waals surface area contributed by atoms with Crippen LogP contribution in [0.3, 0.4) is 0 Å². The third-order valence-corrected chi connectivity index (χ3v) is 3.02. The highest BCUT2D eigenvalue weighted by Crippen LogP contribution is 2.35. The molecule has 0 saturated carbocycles. The van der Waals surface area contributed by atoms with E-state index in [1.54, 1.807) is 30.3 Å². The Bertz CT molecular complexity index is 752. The summed E-state index contributed by atoms with van der Waals surface area (Å²) in [6, 6.07) is 5.08. The lowest BCUT2D eigenvalue weighted by Gasteiger charge is -2.03. The topological polar surface area (TPSA) is 69.6 Å². The Kier molecular flexibility index (Phi) is 2.90. The van der Waals surface area contributed by atoms with E-state index in [-0.39, 0.29) is 0 Å². The van der Waals surface area contributed by atoms with Crippen molar-refractivity contribution in [3.8, 4) is 22.4 Å². The maximum Gasteiger partial charge on any atom is 0.142 e. The van der Waals surface area contributed by atoms with Crippen LogP contribution < -0.4 is 5.73 Å². The van der Waals surface area contributed by atoms with Crippen LogP contribution in [0.5, 0.6) is 0 Å². The Morgan fingerprint density at radius 3 is 2.65 bits per heavy atom. The van der Waals surface area contributed by atoms with Gasteiger partial charge in [-0.3, -0.25) is 14.6 Å². The second-order valence-electron chi connectivity index (χ2n) is 4.37. The molecule has 3 heterocycles. The lowest BCUT2D eigenvalue weighted by atomic mass is 10.0. The Labute approximate surface area is 114 Å². The van der Waals surface area contributed by atoms with Crippen LogP contribution in [0.4, 0.5) is 10.2 Å². The molecule has 0 amide bonds. The zero-order valence-corrected chi connectivity index (χ0v) is 10.8. The zero-order valence-electron chi connectivity index (χ0n) is 10.8. The zero-order chi connectivity index (χ0) is 14.1. The summed E-state index contributed by atoms with van der Waals surface area (Å²) in [6.07, 6.45) is 6.09. The number of hydrogen-bond acceptors (Lipinski definition) is 4. The molecule has 0 bridgehead atoms. The van der Waals surface area contributed by atoms with E-state index < -0.39 is 5.82 Å². The van der Waals surface area contributed by atoms with Gasteiger partial charge in [-0.15, -0.1) is 0 Å². The molecule has 0 aromatic carbocycles. The minimum Gasteiger partial charge on any atom is -0.383 e. The molecule has 0 aliphatic rings. The van der Waals surface area contributed by atoms with Gasteiger partial charge in [-0.25, -0.2) is 4.39 Å². The van der Waals surface area contributed by atoms with Gasteiger partial charge in [0.1, 0.15) is 17.3 Å². The molecule has 5 nitrogen and oxygen atoms in total. The molecule has 3 aromatic heterocycles. The number of aryl methyl sites for hydroxylation is 1. The monoisotopic (exact) mass is 269 g/mol. The number of rotatable bonds is 2. The Morgan fingerprint density at radius 2 is 1.95 bits per heavy atom. The van der Waals surface area contributed by atoms with Crippen molar-refractivity contribution >= 4 is 5.82 Å². The average molecular weight is 269 g/mol. The summed E-state index contributed by atoms with van der Waals surface area (Å²) in [6.45, 7) is 0. The molecule has 0 atom stereocenters. The third-order valence-electron chi connectivity index (χ3n) is 3.02. The molecule has 6 heteroatoms. The summed E-state index contributed by atoms with van der Waals surface area (Å²) in [5.74, 6) is 0.0844. The van der Waals surface area contributed by atoms with Gasteiger partial charge in [0.15, 0.2) is 0 Å². The summed E-state index contributed by atoms with van der Waals surface area (Å²) < 4.78 is 14.9. The maximum absolute atomic E-state index is 13.4. The van der Waals surface area contributed by atoms with Crippen LogP contribution in [0, 0.1) is 5.82 Å². The van der Waals surface area contributed by atoms with E-state index in [0.717, 1.165) is 17.3 Å². The number of nitrogen functional groups attached to an aromatic ring is 1. The summed E-state index contributed by atoms with van der Waals surface area (Å²) >= 11 is 0. The number of halogens is 1. The lowest BCUT2D eigenvalue weighted by molar-refractivity contribution is 0.622. The first-order valence-corrected chi connectivity index (χ1v) is 6.00. The molecule has 20 heavy (non-hydrogen) atoms. The van der Waals surface area contributed by atoms with Crippen molar-refractivity contribution in [3.05, 3.63) is 48.8 Å². The van der Waals surface area contributed by atoms with E-state index in [0.29, 0.717) is 17.1 Å². The van der Waals surface area contributed by atoms with Crippen molar-refractivity contribution in [2.24, 2.45) is 7.05 Å². The summed E-state index contributed by atoms with van der Waals surface area (Å²) in [5, 5.41) is 4.36. The van der Waals surface area contributed by atoms with Crippen LogP contribution >= 0.6 is 0 Å². The van der Waals surface area contributed by atoms with Gasteiger partial charge in [0.2, 0.25) is 0 Å². The van der Waals surface area contributed by atoms with Crippen molar-refractivity contribution < 1.29 is 4.39 Å². The smallest absolute Gasteiger partial charge is 0.142 e. The van der Waals surface area contributed by atoms with Gasteiger partial charge in [0.25, 0.3) is 0 Å². The first-order chi connectivity index (χ1) is 9.66. The van der Waals surface area contributed by atoms with E-state index in [4.69, 9.17) is 5.73 Å². The summed E-state index contributed by atoms with van der Waals surface area (Å²) in [5.41, 5.74) is 8.80. The Hall–Kier alpha value is -2.76. The van der Waals surface area contributed by atoms with Gasteiger partial charge in [-0.05, 0) is 12.1 Å². The van der Waals surface area contributed by atoms with E-state index in [9.17, 15) is 4.39 Å². The van der Waals surface area contributed by atoms with Crippen LogP contribution in [0.15, 0.2) is 43.0 Å². The molecule has 0 aliphatic heterocycles.